The van der Waals surface area contributed by atoms with Crippen LogP contribution < -0.4 is 10.6 Å². The van der Waals surface area contributed by atoms with Crippen LogP contribution in [-0.4, -0.2) is 39.5 Å². The van der Waals surface area contributed by atoms with Gasteiger partial charge in [-0.2, -0.15) is 0 Å². The van der Waals surface area contributed by atoms with Crippen LogP contribution in [0.1, 0.15) is 16.1 Å². The van der Waals surface area contributed by atoms with Gasteiger partial charge < -0.3 is 20.7 Å². The molecule has 0 aliphatic rings. The Balaban J connectivity index is 1.90. The normalized spacial score (nSPS) is 11.7. The molecule has 1 atom stereocenters. The van der Waals surface area contributed by atoms with E-state index in [1.165, 1.54) is 12.5 Å². The second-order valence-corrected chi connectivity index (χ2v) is 5.77. The van der Waals surface area contributed by atoms with E-state index in [0.717, 1.165) is 9.13 Å². The predicted octanol–water partition coefficient (Wildman–Crippen LogP) is 0.421. The third kappa shape index (κ3) is 4.53. The molecule has 4 N–H and O–H groups in total. The molecule has 0 aliphatic carbocycles. The number of nitrogens with zero attached hydrogens (tertiary/aromatic N) is 1. The Kier molecular flexibility index (Phi) is 5.90. The third-order valence-electron chi connectivity index (χ3n) is 2.90. The second-order valence-electron chi connectivity index (χ2n) is 4.52. The first kappa shape index (κ1) is 16.4. The quantitative estimate of drug-likeness (QED) is 0.514. The van der Waals surface area contributed by atoms with E-state index in [1.54, 1.807) is 0 Å². The van der Waals surface area contributed by atoms with Crippen LogP contribution in [0, 0.1) is 3.57 Å². The fourth-order valence-electron chi connectivity index (χ4n) is 1.77. The number of carbonyl (C=O) groups is 2. The van der Waals surface area contributed by atoms with Crippen molar-refractivity contribution in [2.45, 2.75) is 12.6 Å². The molecule has 0 radical (unpaired) electrons. The highest BCUT2D eigenvalue weighted by molar-refractivity contribution is 14.1. The highest BCUT2D eigenvalue weighted by atomic mass is 127. The molecule has 1 aromatic carbocycles. The van der Waals surface area contributed by atoms with Gasteiger partial charge in [0.25, 0.3) is 5.91 Å². The fourth-order valence-corrected chi connectivity index (χ4v) is 2.38. The summed E-state index contributed by atoms with van der Waals surface area (Å²) in [5.74, 6) is -0.949. The smallest absolute Gasteiger partial charge is 0.270 e. The molecule has 0 saturated heterocycles. The summed E-state index contributed by atoms with van der Waals surface area (Å²) in [6.45, 7) is -0.163. The summed E-state index contributed by atoms with van der Waals surface area (Å²) in [5.41, 5.74) is 1.17. The molecule has 0 spiro atoms. The van der Waals surface area contributed by atoms with Crippen molar-refractivity contribution in [3.05, 3.63) is 51.6 Å². The van der Waals surface area contributed by atoms with E-state index in [-0.39, 0.29) is 5.69 Å². The number of hydrogen-bond acceptors (Lipinski definition) is 4. The van der Waals surface area contributed by atoms with Crippen LogP contribution in [0.25, 0.3) is 0 Å². The first-order valence-electron chi connectivity index (χ1n) is 6.52. The van der Waals surface area contributed by atoms with Gasteiger partial charge in [0, 0.05) is 10.1 Å². The maximum Gasteiger partial charge on any atom is 0.270 e. The molecular weight excluding hydrogens is 399 g/mol. The van der Waals surface area contributed by atoms with Gasteiger partial charge in [-0.05, 0) is 40.3 Å². The maximum atomic E-state index is 12.0. The van der Waals surface area contributed by atoms with Crippen LogP contribution in [0.2, 0.25) is 0 Å². The topological polar surface area (TPSA) is 107 Å². The van der Waals surface area contributed by atoms with Gasteiger partial charge in [0.15, 0.2) is 0 Å². The zero-order valence-electron chi connectivity index (χ0n) is 11.5. The summed E-state index contributed by atoms with van der Waals surface area (Å²) in [7, 11) is 0. The van der Waals surface area contributed by atoms with Crippen molar-refractivity contribution in [2.24, 2.45) is 0 Å². The van der Waals surface area contributed by atoms with Gasteiger partial charge >= 0.3 is 0 Å². The highest BCUT2D eigenvalue weighted by Crippen LogP contribution is 2.07. The summed E-state index contributed by atoms with van der Waals surface area (Å²) in [6, 6.07) is 6.66. The number of imidazole rings is 1. The molecule has 1 aromatic heterocycles. The van der Waals surface area contributed by atoms with E-state index in [4.69, 9.17) is 0 Å². The zero-order chi connectivity index (χ0) is 15.9. The first-order valence-corrected chi connectivity index (χ1v) is 7.60. The fraction of sp³-hybridized carbons (Fsp3) is 0.214. The minimum absolute atomic E-state index is 0.226. The van der Waals surface area contributed by atoms with Gasteiger partial charge in [-0.25, -0.2) is 4.98 Å². The molecule has 8 heteroatoms. The SMILES string of the molecule is O=C(N[C@@H](CO)C(=O)NCc1cccc(I)c1)c1cnc[nH]1. The lowest BCUT2D eigenvalue weighted by Gasteiger charge is -2.15. The Morgan fingerprint density at radius 3 is 2.86 bits per heavy atom. The van der Waals surface area contributed by atoms with Gasteiger partial charge in [-0.3, -0.25) is 9.59 Å². The number of aromatic amines is 1. The lowest BCUT2D eigenvalue weighted by atomic mass is 10.2. The predicted molar refractivity (Wildman–Crippen MR) is 87.9 cm³/mol. The Morgan fingerprint density at radius 2 is 2.23 bits per heavy atom. The standard InChI is InChI=1S/C14H15IN4O3/c15-10-3-1-2-9(4-10)5-17-13(21)12(7-20)19-14(22)11-6-16-8-18-11/h1-4,6,8,12,20H,5,7H2,(H,16,18)(H,17,21)(H,19,22)/t12-/m0/s1. The molecule has 0 saturated carbocycles. The van der Waals surface area contributed by atoms with Crippen molar-refractivity contribution in [3.63, 3.8) is 0 Å². The number of rotatable bonds is 6. The van der Waals surface area contributed by atoms with E-state index in [1.807, 2.05) is 24.3 Å². The zero-order valence-corrected chi connectivity index (χ0v) is 13.7. The number of amides is 2. The molecule has 22 heavy (non-hydrogen) atoms. The molecule has 0 unspecified atom stereocenters. The van der Waals surface area contributed by atoms with Gasteiger partial charge in [-0.1, -0.05) is 12.1 Å². The second kappa shape index (κ2) is 7.90. The van der Waals surface area contributed by atoms with Gasteiger partial charge in [-0.15, -0.1) is 0 Å². The van der Waals surface area contributed by atoms with Gasteiger partial charge in [0.1, 0.15) is 11.7 Å². The number of H-pyrrole nitrogens is 1. The molecule has 2 amide bonds. The summed E-state index contributed by atoms with van der Waals surface area (Å²) in [4.78, 5) is 30.2. The minimum atomic E-state index is -1.02. The lowest BCUT2D eigenvalue weighted by molar-refractivity contribution is -0.124. The van der Waals surface area contributed by atoms with E-state index in [9.17, 15) is 14.7 Å². The number of carbonyl (C=O) groups excluding carboxylic acids is 2. The summed E-state index contributed by atoms with van der Waals surface area (Å²) < 4.78 is 1.07. The Labute approximate surface area is 140 Å². The van der Waals surface area contributed by atoms with Gasteiger partial charge in [0.05, 0.1) is 19.1 Å². The largest absolute Gasteiger partial charge is 0.394 e. The summed E-state index contributed by atoms with van der Waals surface area (Å²) in [6.07, 6.45) is 2.70. The maximum absolute atomic E-state index is 12.0. The van der Waals surface area contributed by atoms with Crippen molar-refractivity contribution in [2.75, 3.05) is 6.61 Å². The van der Waals surface area contributed by atoms with Crippen LogP contribution in [0.3, 0.4) is 0 Å². The van der Waals surface area contributed by atoms with Crippen molar-refractivity contribution >= 4 is 34.4 Å². The third-order valence-corrected chi connectivity index (χ3v) is 3.57. The highest BCUT2D eigenvalue weighted by Gasteiger charge is 2.20. The number of nitrogens with one attached hydrogen (secondary N) is 3. The Hall–Kier alpha value is -1.94. The lowest BCUT2D eigenvalue weighted by Crippen LogP contribution is -2.48. The first-order chi connectivity index (χ1) is 10.6. The van der Waals surface area contributed by atoms with Gasteiger partial charge in [0.2, 0.25) is 5.91 Å². The van der Waals surface area contributed by atoms with Crippen molar-refractivity contribution < 1.29 is 14.7 Å². The van der Waals surface area contributed by atoms with Crippen molar-refractivity contribution in [1.29, 1.82) is 0 Å². The average molecular weight is 414 g/mol. The Morgan fingerprint density at radius 1 is 1.41 bits per heavy atom. The molecule has 0 aliphatic heterocycles. The van der Waals surface area contributed by atoms with E-state index in [2.05, 4.69) is 43.2 Å². The van der Waals surface area contributed by atoms with Crippen molar-refractivity contribution in [1.82, 2.24) is 20.6 Å². The molecule has 0 fully saturated rings. The molecule has 0 bridgehead atoms. The van der Waals surface area contributed by atoms with Crippen LogP contribution in [0.5, 0.6) is 0 Å². The van der Waals surface area contributed by atoms with Crippen LogP contribution >= 0.6 is 22.6 Å². The number of halogens is 1. The van der Waals surface area contributed by atoms with E-state index < -0.39 is 24.5 Å². The molecule has 1 heterocycles. The average Bonchev–Trinajstić information content (AvgIpc) is 3.04. The number of aliphatic hydroxyl groups is 1. The number of benzene rings is 1. The summed E-state index contributed by atoms with van der Waals surface area (Å²) >= 11 is 2.19. The molecule has 2 rings (SSSR count). The molecule has 116 valence electrons. The van der Waals surface area contributed by atoms with E-state index in [0.29, 0.717) is 6.54 Å². The molecule has 2 aromatic rings. The minimum Gasteiger partial charge on any atom is -0.394 e. The number of hydrogen-bond donors (Lipinski definition) is 4. The van der Waals surface area contributed by atoms with Crippen LogP contribution in [0.15, 0.2) is 36.8 Å². The van der Waals surface area contributed by atoms with Crippen molar-refractivity contribution in [3.8, 4) is 0 Å². The van der Waals surface area contributed by atoms with Crippen LogP contribution in [0.4, 0.5) is 0 Å². The number of aromatic nitrogens is 2. The molecular formula is C14H15IN4O3. The Bertz CT molecular complexity index is 645. The van der Waals surface area contributed by atoms with Crippen LogP contribution in [-0.2, 0) is 11.3 Å². The van der Waals surface area contributed by atoms with E-state index >= 15 is 0 Å². The number of aliphatic hydroxyl groups excluding tert-OH is 1. The summed E-state index contributed by atoms with van der Waals surface area (Å²) in [5, 5.41) is 14.4. The molecule has 7 nitrogen and oxygen atoms in total. The monoisotopic (exact) mass is 414 g/mol.